The molecule has 1 saturated heterocycles. The van der Waals surface area contributed by atoms with E-state index in [9.17, 15) is 4.79 Å². The first-order valence-electron chi connectivity index (χ1n) is 11.0. The van der Waals surface area contributed by atoms with Crippen molar-refractivity contribution in [3.05, 3.63) is 59.5 Å². The number of carbonyl (C=O) groups excluding carboxylic acids is 1. The van der Waals surface area contributed by atoms with Gasteiger partial charge in [0.15, 0.2) is 0 Å². The standard InChI is InChI=1S/C24H25ClN4O5S/c1-3-8-32-22-26-23(33-9-4-2)28-24(27-22)34-14-18-13-29(7-10-31-18)21(30)11-16-15-35-20-6-5-17(25)12-19(16)20/h3-6,12,15,18H,1-2,7-11,13-14H2. The molecule has 0 radical (unpaired) electrons. The van der Waals surface area contributed by atoms with E-state index in [2.05, 4.69) is 28.1 Å². The molecule has 1 atom stereocenters. The minimum absolute atomic E-state index is 0.0263. The smallest absolute Gasteiger partial charge is 0.326 e. The second kappa shape index (κ2) is 12.0. The molecule has 0 aliphatic carbocycles. The number of ether oxygens (including phenoxy) is 4. The number of benzene rings is 1. The van der Waals surface area contributed by atoms with Gasteiger partial charge in [0.2, 0.25) is 5.91 Å². The summed E-state index contributed by atoms with van der Waals surface area (Å²) in [6.45, 7) is 9.12. The Bertz CT molecular complexity index is 1170. The molecule has 2 aromatic heterocycles. The number of fused-ring (bicyclic) bond motifs is 1. The van der Waals surface area contributed by atoms with Crippen LogP contribution < -0.4 is 14.2 Å². The third-order valence-electron chi connectivity index (χ3n) is 5.08. The largest absolute Gasteiger partial charge is 0.460 e. The van der Waals surface area contributed by atoms with Crippen molar-refractivity contribution in [2.45, 2.75) is 12.5 Å². The SMILES string of the molecule is C=CCOc1nc(OCC=C)nc(OCC2CN(C(=O)Cc3csc4ccc(Cl)cc34)CCO2)n1. The minimum Gasteiger partial charge on any atom is -0.460 e. The highest BCUT2D eigenvalue weighted by molar-refractivity contribution is 7.17. The molecule has 1 unspecified atom stereocenters. The highest BCUT2D eigenvalue weighted by atomic mass is 35.5. The number of aromatic nitrogens is 3. The van der Waals surface area contributed by atoms with Crippen molar-refractivity contribution in [2.75, 3.05) is 39.5 Å². The van der Waals surface area contributed by atoms with Gasteiger partial charge in [0, 0.05) is 16.3 Å². The van der Waals surface area contributed by atoms with Crippen molar-refractivity contribution in [2.24, 2.45) is 0 Å². The lowest BCUT2D eigenvalue weighted by Gasteiger charge is -2.32. The van der Waals surface area contributed by atoms with Gasteiger partial charge in [0.25, 0.3) is 0 Å². The van der Waals surface area contributed by atoms with E-state index in [1.54, 1.807) is 28.4 Å². The third kappa shape index (κ3) is 6.68. The monoisotopic (exact) mass is 516 g/mol. The van der Waals surface area contributed by atoms with Crippen molar-refractivity contribution in [1.29, 1.82) is 0 Å². The molecule has 0 spiro atoms. The molecule has 9 nitrogen and oxygen atoms in total. The van der Waals surface area contributed by atoms with Crippen molar-refractivity contribution < 1.29 is 23.7 Å². The molecule has 1 aromatic carbocycles. The molecule has 0 N–H and O–H groups in total. The average Bonchev–Trinajstić information content (AvgIpc) is 3.26. The van der Waals surface area contributed by atoms with Crippen molar-refractivity contribution in [3.63, 3.8) is 0 Å². The van der Waals surface area contributed by atoms with Crippen LogP contribution in [-0.2, 0) is 16.0 Å². The lowest BCUT2D eigenvalue weighted by atomic mass is 10.1. The van der Waals surface area contributed by atoms with Gasteiger partial charge in [-0.05, 0) is 34.5 Å². The van der Waals surface area contributed by atoms with Crippen LogP contribution in [0.3, 0.4) is 0 Å². The van der Waals surface area contributed by atoms with Gasteiger partial charge in [-0.15, -0.1) is 26.3 Å². The summed E-state index contributed by atoms with van der Waals surface area (Å²) < 4.78 is 23.4. The maximum absolute atomic E-state index is 13.0. The van der Waals surface area contributed by atoms with Crippen LogP contribution in [0.2, 0.25) is 5.02 Å². The molecule has 1 fully saturated rings. The van der Waals surface area contributed by atoms with E-state index in [0.29, 0.717) is 31.1 Å². The van der Waals surface area contributed by atoms with E-state index >= 15 is 0 Å². The molecule has 11 heteroatoms. The molecular formula is C24H25ClN4O5S. The number of halogens is 1. The van der Waals surface area contributed by atoms with Gasteiger partial charge in [-0.3, -0.25) is 4.79 Å². The topological polar surface area (TPSA) is 95.9 Å². The first-order chi connectivity index (χ1) is 17.1. The summed E-state index contributed by atoms with van der Waals surface area (Å²) in [5, 5.41) is 3.68. The fraction of sp³-hybridized carbons (Fsp3) is 0.333. The summed E-state index contributed by atoms with van der Waals surface area (Å²) in [4.78, 5) is 27.2. The summed E-state index contributed by atoms with van der Waals surface area (Å²) in [6, 6.07) is 5.87. The molecule has 1 aliphatic heterocycles. The molecule has 1 amide bonds. The average molecular weight is 517 g/mol. The Labute approximate surface area is 212 Å². The van der Waals surface area contributed by atoms with Crippen LogP contribution in [0, 0.1) is 0 Å². The molecule has 4 rings (SSSR count). The Kier molecular flexibility index (Phi) is 8.51. The van der Waals surface area contributed by atoms with E-state index in [1.165, 1.54) is 0 Å². The Morgan fingerprint density at radius 1 is 1.14 bits per heavy atom. The predicted octanol–water partition coefficient (Wildman–Crippen LogP) is 3.72. The fourth-order valence-corrected chi connectivity index (χ4v) is 4.58. The summed E-state index contributed by atoms with van der Waals surface area (Å²) >= 11 is 7.75. The summed E-state index contributed by atoms with van der Waals surface area (Å²) in [5.74, 6) is 0.0263. The Morgan fingerprint density at radius 3 is 2.51 bits per heavy atom. The second-order valence-corrected chi connectivity index (χ2v) is 8.95. The van der Waals surface area contributed by atoms with E-state index in [0.717, 1.165) is 15.6 Å². The van der Waals surface area contributed by atoms with Crippen LogP contribution in [0.5, 0.6) is 18.0 Å². The highest BCUT2D eigenvalue weighted by Crippen LogP contribution is 2.29. The maximum Gasteiger partial charge on any atom is 0.326 e. The van der Waals surface area contributed by atoms with Crippen LogP contribution in [0.4, 0.5) is 0 Å². The van der Waals surface area contributed by atoms with Crippen molar-refractivity contribution in [1.82, 2.24) is 19.9 Å². The number of carbonyl (C=O) groups is 1. The molecular weight excluding hydrogens is 492 g/mol. The number of thiophene rings is 1. The number of amides is 1. The van der Waals surface area contributed by atoms with Crippen LogP contribution in [0.25, 0.3) is 10.1 Å². The van der Waals surface area contributed by atoms with Gasteiger partial charge < -0.3 is 23.8 Å². The normalized spacial score (nSPS) is 15.6. The molecule has 0 saturated carbocycles. The first-order valence-corrected chi connectivity index (χ1v) is 12.2. The van der Waals surface area contributed by atoms with Gasteiger partial charge in [-0.25, -0.2) is 0 Å². The van der Waals surface area contributed by atoms with Gasteiger partial charge in [-0.1, -0.05) is 36.9 Å². The summed E-state index contributed by atoms with van der Waals surface area (Å²) in [5.41, 5.74) is 0.973. The fourth-order valence-electron chi connectivity index (χ4n) is 3.46. The molecule has 3 heterocycles. The van der Waals surface area contributed by atoms with Crippen LogP contribution in [-0.4, -0.2) is 71.4 Å². The van der Waals surface area contributed by atoms with Crippen LogP contribution in [0.1, 0.15) is 5.56 Å². The molecule has 0 bridgehead atoms. The van der Waals surface area contributed by atoms with Crippen molar-refractivity contribution >= 4 is 38.9 Å². The molecule has 1 aliphatic rings. The van der Waals surface area contributed by atoms with Crippen LogP contribution in [0.15, 0.2) is 48.9 Å². The van der Waals surface area contributed by atoms with Gasteiger partial charge in [0.1, 0.15) is 25.9 Å². The predicted molar refractivity (Wildman–Crippen MR) is 134 cm³/mol. The Balaban J connectivity index is 1.36. The zero-order valence-electron chi connectivity index (χ0n) is 19.0. The zero-order chi connectivity index (χ0) is 24.6. The molecule has 184 valence electrons. The van der Waals surface area contributed by atoms with Crippen LogP contribution >= 0.6 is 22.9 Å². The Hall–Kier alpha value is -3.21. The quantitative estimate of drug-likeness (QED) is 0.356. The third-order valence-corrected chi connectivity index (χ3v) is 6.33. The lowest BCUT2D eigenvalue weighted by molar-refractivity contribution is -0.139. The van der Waals surface area contributed by atoms with E-state index < -0.39 is 0 Å². The second-order valence-electron chi connectivity index (χ2n) is 7.60. The number of hydrogen-bond acceptors (Lipinski definition) is 9. The lowest BCUT2D eigenvalue weighted by Crippen LogP contribution is -2.48. The summed E-state index contributed by atoms with van der Waals surface area (Å²) in [6.07, 6.45) is 3.11. The van der Waals surface area contributed by atoms with Crippen molar-refractivity contribution in [3.8, 4) is 18.0 Å². The maximum atomic E-state index is 13.0. The van der Waals surface area contributed by atoms with E-state index in [-0.39, 0.29) is 49.9 Å². The zero-order valence-corrected chi connectivity index (χ0v) is 20.6. The van der Waals surface area contributed by atoms with Gasteiger partial charge >= 0.3 is 18.0 Å². The van der Waals surface area contributed by atoms with E-state index in [4.69, 9.17) is 30.5 Å². The number of morpholine rings is 1. The number of rotatable bonds is 11. The Morgan fingerprint density at radius 2 is 1.83 bits per heavy atom. The van der Waals surface area contributed by atoms with Gasteiger partial charge in [-0.2, -0.15) is 0 Å². The van der Waals surface area contributed by atoms with Gasteiger partial charge in [0.05, 0.1) is 19.6 Å². The highest BCUT2D eigenvalue weighted by Gasteiger charge is 2.26. The summed E-state index contributed by atoms with van der Waals surface area (Å²) in [7, 11) is 0. The first kappa shape index (κ1) is 24.9. The number of hydrogen-bond donors (Lipinski definition) is 0. The molecule has 3 aromatic rings. The van der Waals surface area contributed by atoms with E-state index in [1.807, 2.05) is 23.6 Å². The minimum atomic E-state index is -0.340. The molecule has 35 heavy (non-hydrogen) atoms. The number of nitrogens with zero attached hydrogens (tertiary/aromatic N) is 4.